The zero-order valence-electron chi connectivity index (χ0n) is 10.9. The van der Waals surface area contributed by atoms with Crippen LogP contribution >= 0.6 is 11.6 Å². The van der Waals surface area contributed by atoms with Crippen LogP contribution in [0.1, 0.15) is 25.8 Å². The second-order valence-electron chi connectivity index (χ2n) is 5.46. The average molecular weight is 288 g/mol. The first-order valence-corrected chi connectivity index (χ1v) is 6.42. The Morgan fingerprint density at radius 2 is 2.16 bits per heavy atom. The van der Waals surface area contributed by atoms with Crippen molar-refractivity contribution in [3.8, 4) is 5.75 Å². The Bertz CT molecular complexity index is 533. The van der Waals surface area contributed by atoms with Crippen LogP contribution in [0, 0.1) is 28.3 Å². The van der Waals surface area contributed by atoms with Crippen molar-refractivity contribution in [1.82, 2.24) is 0 Å². The summed E-state index contributed by atoms with van der Waals surface area (Å²) < 4.78 is 19.4. The summed E-state index contributed by atoms with van der Waals surface area (Å²) >= 11 is 6.08. The molecule has 0 radical (unpaired) electrons. The highest BCUT2D eigenvalue weighted by molar-refractivity contribution is 6.21. The van der Waals surface area contributed by atoms with E-state index < -0.39 is 10.7 Å². The molecule has 0 saturated heterocycles. The number of rotatable bonds is 3. The molecule has 0 amide bonds. The van der Waals surface area contributed by atoms with Crippen LogP contribution in [-0.4, -0.2) is 16.4 Å². The number of halogens is 2. The SMILES string of the molecule is Cc1cc(OC2CC(Cl)C2(C)C)c(F)cc1[N+](=O)[O-]. The predicted octanol–water partition coefficient (Wildman–Crippen LogP) is 3.83. The Kier molecular flexibility index (Phi) is 3.43. The molecule has 6 heteroatoms. The quantitative estimate of drug-likeness (QED) is 0.482. The fourth-order valence-corrected chi connectivity index (χ4v) is 2.42. The zero-order valence-corrected chi connectivity index (χ0v) is 11.7. The molecule has 1 aliphatic carbocycles. The van der Waals surface area contributed by atoms with E-state index in [1.807, 2.05) is 13.8 Å². The number of benzene rings is 1. The number of aryl methyl sites for hydroxylation is 1. The first-order chi connectivity index (χ1) is 8.73. The lowest BCUT2D eigenvalue weighted by Crippen LogP contribution is -2.53. The van der Waals surface area contributed by atoms with Crippen molar-refractivity contribution in [2.45, 2.75) is 38.7 Å². The van der Waals surface area contributed by atoms with Crippen molar-refractivity contribution in [1.29, 1.82) is 0 Å². The molecule has 19 heavy (non-hydrogen) atoms. The molecule has 1 fully saturated rings. The molecular weight excluding hydrogens is 273 g/mol. The van der Waals surface area contributed by atoms with Gasteiger partial charge in [-0.25, -0.2) is 4.39 Å². The van der Waals surface area contributed by atoms with Gasteiger partial charge in [0.05, 0.1) is 11.0 Å². The minimum absolute atomic E-state index is 0.000272. The first kappa shape index (κ1) is 14.1. The molecule has 2 unspecified atom stereocenters. The first-order valence-electron chi connectivity index (χ1n) is 5.98. The molecule has 0 spiro atoms. The van der Waals surface area contributed by atoms with Crippen molar-refractivity contribution < 1.29 is 14.1 Å². The summed E-state index contributed by atoms with van der Waals surface area (Å²) in [5.74, 6) is -0.670. The molecule has 2 rings (SSSR count). The summed E-state index contributed by atoms with van der Waals surface area (Å²) in [6.45, 7) is 5.46. The molecule has 4 nitrogen and oxygen atoms in total. The van der Waals surface area contributed by atoms with Gasteiger partial charge in [-0.15, -0.1) is 11.6 Å². The van der Waals surface area contributed by atoms with E-state index in [-0.39, 0.29) is 28.3 Å². The highest BCUT2D eigenvalue weighted by Gasteiger charge is 2.49. The van der Waals surface area contributed by atoms with Crippen LogP contribution in [0.25, 0.3) is 0 Å². The van der Waals surface area contributed by atoms with Gasteiger partial charge in [0.25, 0.3) is 5.69 Å². The van der Waals surface area contributed by atoms with Crippen LogP contribution in [-0.2, 0) is 0 Å². The van der Waals surface area contributed by atoms with E-state index in [4.69, 9.17) is 16.3 Å². The van der Waals surface area contributed by atoms with Crippen LogP contribution in [0.15, 0.2) is 12.1 Å². The second kappa shape index (κ2) is 4.63. The van der Waals surface area contributed by atoms with Gasteiger partial charge in [-0.1, -0.05) is 13.8 Å². The van der Waals surface area contributed by atoms with E-state index in [1.165, 1.54) is 6.07 Å². The smallest absolute Gasteiger partial charge is 0.275 e. The van der Waals surface area contributed by atoms with Crippen molar-refractivity contribution in [3.63, 3.8) is 0 Å². The summed E-state index contributed by atoms with van der Waals surface area (Å²) in [6, 6.07) is 2.26. The number of nitro groups is 1. The molecule has 0 bridgehead atoms. The van der Waals surface area contributed by atoms with Gasteiger partial charge in [0.1, 0.15) is 6.10 Å². The fourth-order valence-electron chi connectivity index (χ4n) is 2.12. The van der Waals surface area contributed by atoms with Gasteiger partial charge < -0.3 is 4.74 Å². The third-order valence-corrected chi connectivity index (χ3v) is 4.52. The van der Waals surface area contributed by atoms with Crippen LogP contribution in [0.4, 0.5) is 10.1 Å². The lowest BCUT2D eigenvalue weighted by molar-refractivity contribution is -0.385. The number of hydrogen-bond acceptors (Lipinski definition) is 3. The number of hydrogen-bond donors (Lipinski definition) is 0. The maximum absolute atomic E-state index is 13.8. The predicted molar refractivity (Wildman–Crippen MR) is 70.2 cm³/mol. The van der Waals surface area contributed by atoms with Gasteiger partial charge in [0.2, 0.25) is 0 Å². The van der Waals surface area contributed by atoms with Crippen LogP contribution in [0.2, 0.25) is 0 Å². The van der Waals surface area contributed by atoms with E-state index in [1.54, 1.807) is 6.92 Å². The molecule has 0 aromatic heterocycles. The topological polar surface area (TPSA) is 52.4 Å². The third-order valence-electron chi connectivity index (χ3n) is 3.77. The van der Waals surface area contributed by atoms with E-state index in [2.05, 4.69) is 0 Å². The van der Waals surface area contributed by atoms with Gasteiger partial charge in [0, 0.05) is 22.8 Å². The molecule has 0 heterocycles. The molecule has 1 aromatic rings. The Morgan fingerprint density at radius 1 is 1.53 bits per heavy atom. The van der Waals surface area contributed by atoms with E-state index >= 15 is 0 Å². The van der Waals surface area contributed by atoms with E-state index in [0.29, 0.717) is 12.0 Å². The Balaban J connectivity index is 2.23. The third kappa shape index (κ3) is 2.39. The van der Waals surface area contributed by atoms with Crippen molar-refractivity contribution >= 4 is 17.3 Å². The number of nitrogens with zero attached hydrogens (tertiary/aromatic N) is 1. The Morgan fingerprint density at radius 3 is 2.63 bits per heavy atom. The number of ether oxygens (including phenoxy) is 1. The summed E-state index contributed by atoms with van der Waals surface area (Å²) in [4.78, 5) is 10.1. The van der Waals surface area contributed by atoms with Gasteiger partial charge in [0.15, 0.2) is 11.6 Å². The monoisotopic (exact) mass is 287 g/mol. The lowest BCUT2D eigenvalue weighted by Gasteiger charge is -2.48. The summed E-state index contributed by atoms with van der Waals surface area (Å²) in [5.41, 5.74) is -0.0992. The van der Waals surface area contributed by atoms with Gasteiger partial charge in [-0.05, 0) is 13.0 Å². The molecule has 1 saturated carbocycles. The molecule has 0 aliphatic heterocycles. The molecule has 2 atom stereocenters. The lowest BCUT2D eigenvalue weighted by atomic mass is 9.68. The van der Waals surface area contributed by atoms with Gasteiger partial charge >= 0.3 is 0 Å². The summed E-state index contributed by atoms with van der Waals surface area (Å²) in [7, 11) is 0. The Hall–Kier alpha value is -1.36. The second-order valence-corrected chi connectivity index (χ2v) is 5.98. The van der Waals surface area contributed by atoms with Crippen LogP contribution < -0.4 is 4.74 Å². The molecule has 1 aliphatic rings. The molecular formula is C13H15ClFNO3. The molecule has 104 valence electrons. The zero-order chi connectivity index (χ0) is 14.4. The van der Waals surface area contributed by atoms with Crippen molar-refractivity contribution in [2.24, 2.45) is 5.41 Å². The largest absolute Gasteiger partial charge is 0.487 e. The Labute approximate surface area is 115 Å². The maximum atomic E-state index is 13.8. The number of nitro benzene ring substituents is 1. The van der Waals surface area contributed by atoms with Gasteiger partial charge in [-0.3, -0.25) is 10.1 Å². The van der Waals surface area contributed by atoms with Crippen molar-refractivity contribution in [3.05, 3.63) is 33.6 Å². The molecule has 0 N–H and O–H groups in total. The van der Waals surface area contributed by atoms with E-state index in [9.17, 15) is 14.5 Å². The van der Waals surface area contributed by atoms with E-state index in [0.717, 1.165) is 6.07 Å². The molecule has 1 aromatic carbocycles. The highest BCUT2D eigenvalue weighted by atomic mass is 35.5. The maximum Gasteiger partial charge on any atom is 0.275 e. The summed E-state index contributed by atoms with van der Waals surface area (Å²) in [5, 5.41) is 10.7. The van der Waals surface area contributed by atoms with Gasteiger partial charge in [-0.2, -0.15) is 0 Å². The average Bonchev–Trinajstić information content (AvgIpc) is 2.32. The fraction of sp³-hybridized carbons (Fsp3) is 0.538. The summed E-state index contributed by atoms with van der Waals surface area (Å²) in [6.07, 6.45) is 0.467. The standard InChI is InChI=1S/C13H15ClFNO3/c1-7-4-10(8(15)5-9(7)16(17)18)19-12-6-11(14)13(12,2)3/h4-5,11-12H,6H2,1-3H3. The van der Waals surface area contributed by atoms with Crippen LogP contribution in [0.3, 0.4) is 0 Å². The minimum atomic E-state index is -0.717. The van der Waals surface area contributed by atoms with Crippen LogP contribution in [0.5, 0.6) is 5.75 Å². The highest BCUT2D eigenvalue weighted by Crippen LogP contribution is 2.46. The van der Waals surface area contributed by atoms with Crippen molar-refractivity contribution in [2.75, 3.05) is 0 Å². The minimum Gasteiger partial charge on any atom is -0.487 e. The normalized spacial score (nSPS) is 24.7. The number of alkyl halides is 1.